The van der Waals surface area contributed by atoms with E-state index in [2.05, 4.69) is 14.8 Å². The highest BCUT2D eigenvalue weighted by Gasteiger charge is 2.80. The number of anilines is 1. The van der Waals surface area contributed by atoms with E-state index >= 15 is 13.6 Å². The molecular formula is C46H56F2N4O8. The highest BCUT2D eigenvalue weighted by molar-refractivity contribution is 5.95. The highest BCUT2D eigenvalue weighted by atomic mass is 19.3. The first-order valence-corrected chi connectivity index (χ1v) is 21.2. The van der Waals surface area contributed by atoms with Crippen LogP contribution in [0.3, 0.4) is 0 Å². The standard InChI is InChI=1S/C46H56F2N4O8/c1-8-43-15-11-17-52-19-16-44(37(43)52)31-21-32(35(57-5)22-34(31)50(4)38(44)46(56,41(55)59-7)39(43)60-26(2)53)45(40(54)58-6)23-27-20-28(42(3,47)48)25-51(24-27)18-14-30-29-12-9-10-13-33(29)49-36(30)45/h9-13,15,21-22,27-28,37-39,49,56H,8,14,16-20,23-25H2,1-7H3/t27-,28-,37+,38-,39?,43-,44-,45+,46+/m1/s1. The SMILES string of the molecule is CC[C@]12C=CCN3CC[C@@]4(c5cc([C@@]6(C(=O)OC)C[C@H]7C[C@@H](C(C)(F)F)CN(CCc8c6[nH]c6ccccc86)C7)c(OC)cc5N(C)[C@H]4[C@@](O)(C(=O)OC)C1OC(C)=O)[C@@H]32. The van der Waals surface area contributed by atoms with Crippen LogP contribution in [-0.4, -0.2) is 129 Å². The summed E-state index contributed by atoms with van der Waals surface area (Å²) < 4.78 is 54.5. The van der Waals surface area contributed by atoms with Gasteiger partial charge in [-0.2, -0.15) is 0 Å². The number of methoxy groups -OCH3 is 3. The first kappa shape index (κ1) is 40.9. The Labute approximate surface area is 349 Å². The van der Waals surface area contributed by atoms with Crippen LogP contribution in [0.2, 0.25) is 0 Å². The summed E-state index contributed by atoms with van der Waals surface area (Å²) in [4.78, 5) is 52.7. The fourth-order valence-electron chi connectivity index (χ4n) is 13.4. The van der Waals surface area contributed by atoms with Crippen molar-refractivity contribution < 1.29 is 47.2 Å². The number of hydrogen-bond acceptors (Lipinski definition) is 11. The van der Waals surface area contributed by atoms with Crippen LogP contribution in [-0.2, 0) is 45.8 Å². The molecule has 3 fully saturated rings. The summed E-state index contributed by atoms with van der Waals surface area (Å²) in [7, 11) is 5.96. The van der Waals surface area contributed by atoms with E-state index in [1.807, 2.05) is 67.4 Å². The summed E-state index contributed by atoms with van der Waals surface area (Å²) in [5.74, 6) is -5.90. The summed E-state index contributed by atoms with van der Waals surface area (Å²) >= 11 is 0. The Morgan fingerprint density at radius 3 is 2.45 bits per heavy atom. The van der Waals surface area contributed by atoms with Crippen LogP contribution in [0.5, 0.6) is 5.75 Å². The molecule has 2 N–H and O–H groups in total. The number of nitrogens with zero attached hydrogens (tertiary/aromatic N) is 3. The maximum atomic E-state index is 15.4. The van der Waals surface area contributed by atoms with Gasteiger partial charge in [0.15, 0.2) is 6.10 Å². The molecule has 5 aliphatic heterocycles. The number of piperidine rings is 1. The van der Waals surface area contributed by atoms with E-state index in [4.69, 9.17) is 18.9 Å². The van der Waals surface area contributed by atoms with E-state index < -0.39 is 63.7 Å². The number of likely N-dealkylation sites (N-methyl/N-ethyl adjacent to an activating group) is 1. The summed E-state index contributed by atoms with van der Waals surface area (Å²) in [5.41, 5.74) is -1.52. The third-order valence-corrected chi connectivity index (χ3v) is 15.6. The summed E-state index contributed by atoms with van der Waals surface area (Å²) in [6, 6.07) is 10.5. The Morgan fingerprint density at radius 2 is 1.77 bits per heavy atom. The number of esters is 3. The molecule has 1 spiro atoms. The number of carbonyl (C=O) groups is 3. The predicted octanol–water partition coefficient (Wildman–Crippen LogP) is 5.12. The van der Waals surface area contributed by atoms with Gasteiger partial charge in [0, 0.05) is 96.9 Å². The van der Waals surface area contributed by atoms with Crippen molar-refractivity contribution in [2.75, 3.05) is 66.0 Å². The number of aromatic nitrogens is 1. The highest BCUT2D eigenvalue weighted by Crippen LogP contribution is 2.68. The monoisotopic (exact) mass is 830 g/mol. The van der Waals surface area contributed by atoms with E-state index in [1.54, 1.807) is 7.11 Å². The minimum Gasteiger partial charge on any atom is -0.496 e. The number of halogens is 2. The molecule has 14 heteroatoms. The van der Waals surface area contributed by atoms with Crippen molar-refractivity contribution in [2.24, 2.45) is 17.3 Å². The number of para-hydroxylation sites is 1. The lowest BCUT2D eigenvalue weighted by atomic mass is 9.47. The lowest BCUT2D eigenvalue weighted by Gasteiger charge is -2.63. The van der Waals surface area contributed by atoms with Crippen molar-refractivity contribution in [1.29, 1.82) is 0 Å². The molecule has 1 aliphatic carbocycles. The molecule has 0 amide bonds. The second kappa shape index (κ2) is 14.0. The van der Waals surface area contributed by atoms with Crippen LogP contribution in [0.15, 0.2) is 48.6 Å². The van der Waals surface area contributed by atoms with Crippen molar-refractivity contribution in [3.05, 3.63) is 70.9 Å². The third-order valence-electron chi connectivity index (χ3n) is 15.6. The minimum absolute atomic E-state index is 0.155. The van der Waals surface area contributed by atoms with Crippen LogP contribution in [0.25, 0.3) is 10.9 Å². The quantitative estimate of drug-likeness (QED) is 0.187. The lowest BCUT2D eigenvalue weighted by Crippen LogP contribution is -2.81. The van der Waals surface area contributed by atoms with Crippen LogP contribution in [0.1, 0.15) is 68.8 Å². The minimum atomic E-state index is -2.93. The van der Waals surface area contributed by atoms with E-state index in [9.17, 15) is 14.7 Å². The van der Waals surface area contributed by atoms with Gasteiger partial charge in [0.25, 0.3) is 0 Å². The number of aliphatic hydroxyl groups is 1. The molecule has 9 rings (SSSR count). The van der Waals surface area contributed by atoms with Gasteiger partial charge in [-0.1, -0.05) is 37.3 Å². The molecule has 322 valence electrons. The molecule has 2 bridgehead atoms. The van der Waals surface area contributed by atoms with Crippen molar-refractivity contribution in [3.63, 3.8) is 0 Å². The molecule has 12 nitrogen and oxygen atoms in total. The van der Waals surface area contributed by atoms with Crippen molar-refractivity contribution in [2.45, 2.75) is 93.4 Å². The first-order chi connectivity index (χ1) is 28.6. The van der Waals surface area contributed by atoms with Crippen LogP contribution >= 0.6 is 0 Å². The number of benzene rings is 2. The molecule has 6 heterocycles. The number of ether oxygens (including phenoxy) is 4. The van der Waals surface area contributed by atoms with Gasteiger partial charge in [-0.25, -0.2) is 13.6 Å². The Kier molecular flexibility index (Phi) is 9.53. The molecule has 10 atom stereocenters. The molecule has 2 saturated heterocycles. The number of hydrogen-bond donors (Lipinski definition) is 2. The zero-order valence-corrected chi connectivity index (χ0v) is 35.5. The van der Waals surface area contributed by atoms with Gasteiger partial charge < -0.3 is 38.8 Å². The normalized spacial score (nSPS) is 35.6. The third kappa shape index (κ3) is 5.31. The van der Waals surface area contributed by atoms with Gasteiger partial charge in [0.1, 0.15) is 11.2 Å². The number of H-pyrrole nitrogens is 1. The van der Waals surface area contributed by atoms with Gasteiger partial charge in [0.05, 0.1) is 27.4 Å². The van der Waals surface area contributed by atoms with E-state index in [0.29, 0.717) is 68.1 Å². The van der Waals surface area contributed by atoms with Gasteiger partial charge in [-0.15, -0.1) is 0 Å². The molecule has 3 aromatic rings. The number of nitrogens with one attached hydrogen (secondary N) is 1. The van der Waals surface area contributed by atoms with Crippen molar-refractivity contribution in [3.8, 4) is 5.75 Å². The van der Waals surface area contributed by atoms with Gasteiger partial charge in [0.2, 0.25) is 11.5 Å². The number of aromatic amines is 1. The zero-order valence-electron chi connectivity index (χ0n) is 35.5. The molecule has 60 heavy (non-hydrogen) atoms. The van der Waals surface area contributed by atoms with Crippen LogP contribution in [0.4, 0.5) is 14.5 Å². The average Bonchev–Trinajstić information content (AvgIpc) is 3.89. The fourth-order valence-corrected chi connectivity index (χ4v) is 13.4. The Morgan fingerprint density at radius 1 is 1.02 bits per heavy atom. The lowest BCUT2D eigenvalue weighted by molar-refractivity contribution is -0.228. The Hall–Kier alpha value is -4.53. The average molecular weight is 831 g/mol. The molecule has 6 aliphatic rings. The van der Waals surface area contributed by atoms with E-state index in [1.165, 1.54) is 21.1 Å². The fraction of sp³-hybridized carbons (Fsp3) is 0.587. The largest absolute Gasteiger partial charge is 0.496 e. The van der Waals surface area contributed by atoms with E-state index in [0.717, 1.165) is 29.0 Å². The molecule has 1 aromatic heterocycles. The smallest absolute Gasteiger partial charge is 0.344 e. The molecule has 0 radical (unpaired) electrons. The van der Waals surface area contributed by atoms with Crippen LogP contribution in [0, 0.1) is 17.3 Å². The second-order valence-electron chi connectivity index (χ2n) is 18.3. The van der Waals surface area contributed by atoms with E-state index in [-0.39, 0.29) is 31.3 Å². The summed E-state index contributed by atoms with van der Waals surface area (Å²) in [5, 5.41) is 14.2. The first-order valence-electron chi connectivity index (χ1n) is 21.2. The van der Waals surface area contributed by atoms with Crippen LogP contribution < -0.4 is 9.64 Å². The maximum Gasteiger partial charge on any atom is 0.344 e. The zero-order chi connectivity index (χ0) is 42.7. The number of rotatable bonds is 7. The predicted molar refractivity (Wildman–Crippen MR) is 219 cm³/mol. The molecular weight excluding hydrogens is 775 g/mol. The summed E-state index contributed by atoms with van der Waals surface area (Å²) in [6.07, 6.45) is 4.54. The second-order valence-corrected chi connectivity index (χ2v) is 18.3. The van der Waals surface area contributed by atoms with Crippen molar-refractivity contribution in [1.82, 2.24) is 14.8 Å². The van der Waals surface area contributed by atoms with Gasteiger partial charge in [-0.05, 0) is 74.8 Å². The molecule has 1 saturated carbocycles. The Balaban J connectivity index is 1.36. The van der Waals surface area contributed by atoms with Gasteiger partial charge >= 0.3 is 17.9 Å². The van der Waals surface area contributed by atoms with Crippen molar-refractivity contribution >= 4 is 34.5 Å². The topological polar surface area (TPSA) is 134 Å². The maximum absolute atomic E-state index is 15.4. The number of fused-ring (bicyclic) bond motifs is 6. The number of carbonyl (C=O) groups excluding carboxylic acids is 3. The Bertz CT molecular complexity index is 2290. The number of alkyl halides is 2. The summed E-state index contributed by atoms with van der Waals surface area (Å²) in [6.45, 7) is 6.80. The molecule has 2 unspecified atom stereocenters. The van der Waals surface area contributed by atoms with Gasteiger partial charge in [-0.3, -0.25) is 14.5 Å². The molecule has 2 aromatic carbocycles.